The predicted octanol–water partition coefficient (Wildman–Crippen LogP) is 2.45. The summed E-state index contributed by atoms with van der Waals surface area (Å²) in [5, 5.41) is 8.67. The van der Waals surface area contributed by atoms with E-state index in [-0.39, 0.29) is 5.57 Å². The van der Waals surface area contributed by atoms with Crippen molar-refractivity contribution in [3.8, 4) is 0 Å². The van der Waals surface area contributed by atoms with E-state index in [1.165, 1.54) is 13.0 Å². The van der Waals surface area contributed by atoms with Crippen LogP contribution in [0.5, 0.6) is 0 Å². The Labute approximate surface area is 79.5 Å². The monoisotopic (exact) mass is 198 g/mol. The molecule has 0 aliphatic rings. The maximum Gasteiger partial charge on any atom is 0.336 e. The molecule has 0 bridgehead atoms. The molecule has 0 aliphatic heterocycles. The number of carbonyl (C=O) groups is 1. The average Bonchev–Trinajstić information content (AvgIpc) is 2.10. The Morgan fingerprint density at radius 3 is 2.21 bits per heavy atom. The summed E-state index contributed by atoms with van der Waals surface area (Å²) in [4.78, 5) is 10.6. The van der Waals surface area contributed by atoms with E-state index >= 15 is 0 Å². The highest BCUT2D eigenvalue weighted by atomic mass is 19.1. The summed E-state index contributed by atoms with van der Waals surface area (Å²) in [5.74, 6) is -3.10. The minimum Gasteiger partial charge on any atom is -0.478 e. The van der Waals surface area contributed by atoms with Crippen molar-refractivity contribution in [3.05, 3.63) is 41.5 Å². The van der Waals surface area contributed by atoms with Crippen LogP contribution in [0.15, 0.2) is 24.3 Å². The van der Waals surface area contributed by atoms with Gasteiger partial charge in [0, 0.05) is 0 Å². The van der Waals surface area contributed by atoms with Gasteiger partial charge in [0.05, 0.1) is 11.1 Å². The molecule has 0 unspecified atom stereocenters. The van der Waals surface area contributed by atoms with E-state index in [2.05, 4.69) is 0 Å². The highest BCUT2D eigenvalue weighted by molar-refractivity contribution is 6.15. The maximum atomic E-state index is 13.1. The van der Waals surface area contributed by atoms with E-state index < -0.39 is 23.2 Å². The van der Waals surface area contributed by atoms with E-state index in [9.17, 15) is 13.6 Å². The minimum absolute atomic E-state index is 0.374. The Hall–Kier alpha value is -1.71. The van der Waals surface area contributed by atoms with Crippen LogP contribution in [0.1, 0.15) is 12.5 Å². The summed E-state index contributed by atoms with van der Waals surface area (Å²) in [6.45, 7) is 1.41. The molecule has 1 aromatic rings. The van der Waals surface area contributed by atoms with Crippen molar-refractivity contribution in [2.75, 3.05) is 0 Å². The number of aliphatic carboxylic acids is 1. The molecule has 0 radical (unpaired) electrons. The number of carboxylic acids is 1. The normalized spacial score (nSPS) is 11.5. The Morgan fingerprint density at radius 2 is 1.86 bits per heavy atom. The second-order valence-electron chi connectivity index (χ2n) is 2.60. The lowest BCUT2D eigenvalue weighted by Gasteiger charge is -2.04. The number of rotatable bonds is 2. The number of hydrogen-bond donors (Lipinski definition) is 1. The van der Waals surface area contributed by atoms with Crippen LogP contribution >= 0.6 is 0 Å². The fourth-order valence-electron chi connectivity index (χ4n) is 1.13. The van der Waals surface area contributed by atoms with Gasteiger partial charge in [0.2, 0.25) is 0 Å². The van der Waals surface area contributed by atoms with Crippen LogP contribution in [-0.2, 0) is 4.79 Å². The molecule has 1 N–H and O–H groups in total. The first-order chi connectivity index (χ1) is 6.57. The van der Waals surface area contributed by atoms with E-state index in [4.69, 9.17) is 5.11 Å². The van der Waals surface area contributed by atoms with Gasteiger partial charge in [-0.15, -0.1) is 0 Å². The lowest BCUT2D eigenvalue weighted by Crippen LogP contribution is -2.04. The van der Waals surface area contributed by atoms with Gasteiger partial charge in [-0.1, -0.05) is 12.1 Å². The molecule has 2 nitrogen and oxygen atoms in total. The first-order valence-electron chi connectivity index (χ1n) is 3.92. The number of carboxylic acid groups (broad SMARTS) is 1. The molecule has 0 aliphatic carbocycles. The van der Waals surface area contributed by atoms with E-state index in [1.807, 2.05) is 0 Å². The SMILES string of the molecule is CC=C(C(=O)O)c1c(F)cccc1F. The first-order valence-corrected chi connectivity index (χ1v) is 3.92. The smallest absolute Gasteiger partial charge is 0.336 e. The average molecular weight is 198 g/mol. The molecule has 0 saturated carbocycles. The molecule has 0 amide bonds. The van der Waals surface area contributed by atoms with Crippen molar-refractivity contribution in [2.24, 2.45) is 0 Å². The summed E-state index contributed by atoms with van der Waals surface area (Å²) < 4.78 is 26.2. The lowest BCUT2D eigenvalue weighted by molar-refractivity contribution is -0.130. The molecule has 14 heavy (non-hydrogen) atoms. The summed E-state index contributed by atoms with van der Waals surface area (Å²) in [5.41, 5.74) is -0.872. The maximum absolute atomic E-state index is 13.1. The molecule has 1 aromatic carbocycles. The van der Waals surface area contributed by atoms with E-state index in [1.54, 1.807) is 0 Å². The van der Waals surface area contributed by atoms with Crippen LogP contribution in [0.2, 0.25) is 0 Å². The minimum atomic E-state index is -1.35. The summed E-state index contributed by atoms with van der Waals surface area (Å²) in [6, 6.07) is 3.22. The fraction of sp³-hybridized carbons (Fsp3) is 0.100. The zero-order chi connectivity index (χ0) is 10.7. The van der Waals surface area contributed by atoms with Gasteiger partial charge in [-0.3, -0.25) is 0 Å². The summed E-state index contributed by atoms with van der Waals surface area (Å²) in [6.07, 6.45) is 1.16. The molecular formula is C10H8F2O2. The topological polar surface area (TPSA) is 37.3 Å². The number of hydrogen-bond acceptors (Lipinski definition) is 1. The third-order valence-electron chi connectivity index (χ3n) is 1.75. The first kappa shape index (κ1) is 10.4. The molecule has 0 saturated heterocycles. The number of allylic oxidation sites excluding steroid dienone is 1. The van der Waals surface area contributed by atoms with Gasteiger partial charge in [-0.25, -0.2) is 13.6 Å². The van der Waals surface area contributed by atoms with Crippen molar-refractivity contribution < 1.29 is 18.7 Å². The predicted molar refractivity (Wildman–Crippen MR) is 47.6 cm³/mol. The molecule has 4 heteroatoms. The van der Waals surface area contributed by atoms with Gasteiger partial charge < -0.3 is 5.11 Å². The van der Waals surface area contributed by atoms with E-state index in [0.717, 1.165) is 18.2 Å². The molecule has 0 heterocycles. The summed E-state index contributed by atoms with van der Waals surface area (Å²) >= 11 is 0. The van der Waals surface area contributed by atoms with Crippen molar-refractivity contribution in [3.63, 3.8) is 0 Å². The fourth-order valence-corrected chi connectivity index (χ4v) is 1.13. The van der Waals surface area contributed by atoms with Crippen LogP contribution in [0.25, 0.3) is 5.57 Å². The Balaban J connectivity index is 3.37. The lowest BCUT2D eigenvalue weighted by atomic mass is 10.0. The third-order valence-corrected chi connectivity index (χ3v) is 1.75. The van der Waals surface area contributed by atoms with Crippen LogP contribution in [0.4, 0.5) is 8.78 Å². The van der Waals surface area contributed by atoms with Gasteiger partial charge in [0.25, 0.3) is 0 Å². The molecule has 0 spiro atoms. The highest BCUT2D eigenvalue weighted by Crippen LogP contribution is 2.21. The number of halogens is 2. The van der Waals surface area contributed by atoms with Gasteiger partial charge in [0.15, 0.2) is 0 Å². The largest absolute Gasteiger partial charge is 0.478 e. The Bertz CT molecular complexity index is 377. The number of benzene rings is 1. The van der Waals surface area contributed by atoms with Crippen LogP contribution in [0.3, 0.4) is 0 Å². The van der Waals surface area contributed by atoms with Gasteiger partial charge in [-0.2, -0.15) is 0 Å². The van der Waals surface area contributed by atoms with Crippen molar-refractivity contribution in [2.45, 2.75) is 6.92 Å². The van der Waals surface area contributed by atoms with Gasteiger partial charge >= 0.3 is 5.97 Å². The molecule has 1 rings (SSSR count). The molecule has 0 atom stereocenters. The second kappa shape index (κ2) is 4.00. The summed E-state index contributed by atoms with van der Waals surface area (Å²) in [7, 11) is 0. The van der Waals surface area contributed by atoms with E-state index in [0.29, 0.717) is 0 Å². The van der Waals surface area contributed by atoms with Gasteiger partial charge in [-0.05, 0) is 19.1 Å². The molecule has 74 valence electrons. The zero-order valence-corrected chi connectivity index (χ0v) is 7.42. The van der Waals surface area contributed by atoms with Crippen LogP contribution in [0, 0.1) is 11.6 Å². The second-order valence-corrected chi connectivity index (χ2v) is 2.60. The highest BCUT2D eigenvalue weighted by Gasteiger charge is 2.17. The van der Waals surface area contributed by atoms with Crippen LogP contribution in [-0.4, -0.2) is 11.1 Å². The third kappa shape index (κ3) is 1.79. The molecule has 0 aromatic heterocycles. The Kier molecular flexibility index (Phi) is 2.96. The van der Waals surface area contributed by atoms with Crippen molar-refractivity contribution >= 4 is 11.5 Å². The quantitative estimate of drug-likeness (QED) is 0.741. The standard InChI is InChI=1S/C10H8F2O2/c1-2-6(10(13)14)9-7(11)4-3-5-8(9)12/h2-5H,1H3,(H,13,14). The Morgan fingerprint density at radius 1 is 1.36 bits per heavy atom. The molecular weight excluding hydrogens is 190 g/mol. The van der Waals surface area contributed by atoms with Crippen LogP contribution < -0.4 is 0 Å². The van der Waals surface area contributed by atoms with Crippen molar-refractivity contribution in [1.82, 2.24) is 0 Å². The molecule has 0 fully saturated rings. The van der Waals surface area contributed by atoms with Crippen molar-refractivity contribution in [1.29, 1.82) is 0 Å². The van der Waals surface area contributed by atoms with Gasteiger partial charge in [0.1, 0.15) is 11.6 Å². The zero-order valence-electron chi connectivity index (χ0n) is 7.42.